The van der Waals surface area contributed by atoms with Crippen LogP contribution in [0.5, 0.6) is 0 Å². The van der Waals surface area contributed by atoms with Gasteiger partial charge in [0.15, 0.2) is 0 Å². The van der Waals surface area contributed by atoms with Crippen LogP contribution in [-0.2, 0) is 4.74 Å². The summed E-state index contributed by atoms with van der Waals surface area (Å²) in [4.78, 5) is 20.7. The van der Waals surface area contributed by atoms with E-state index in [2.05, 4.69) is 9.88 Å². The summed E-state index contributed by atoms with van der Waals surface area (Å²) in [6.45, 7) is 7.18. The summed E-state index contributed by atoms with van der Waals surface area (Å²) >= 11 is 0. The highest BCUT2D eigenvalue weighted by Crippen LogP contribution is 2.34. The van der Waals surface area contributed by atoms with Gasteiger partial charge in [-0.3, -0.25) is 0 Å². The molecule has 2 bridgehead atoms. The first kappa shape index (κ1) is 14.0. The Labute approximate surface area is 124 Å². The first-order valence-electron chi connectivity index (χ1n) is 7.31. The second kappa shape index (κ2) is 4.79. The molecule has 0 radical (unpaired) electrons. The van der Waals surface area contributed by atoms with Crippen molar-refractivity contribution in [2.75, 3.05) is 23.7 Å². The first-order chi connectivity index (χ1) is 9.83. The van der Waals surface area contributed by atoms with E-state index in [-0.39, 0.29) is 12.1 Å². The Morgan fingerprint density at radius 2 is 2.10 bits per heavy atom. The number of anilines is 2. The molecule has 2 N–H and O–H groups in total. The summed E-state index contributed by atoms with van der Waals surface area (Å²) in [5, 5.41) is 0. The molecular formula is C15H22N4O2. The van der Waals surface area contributed by atoms with Gasteiger partial charge in [-0.05, 0) is 39.3 Å². The van der Waals surface area contributed by atoms with E-state index in [4.69, 9.17) is 10.5 Å². The Morgan fingerprint density at radius 1 is 1.33 bits per heavy atom. The van der Waals surface area contributed by atoms with Gasteiger partial charge in [-0.2, -0.15) is 0 Å². The minimum atomic E-state index is -0.447. The lowest BCUT2D eigenvalue weighted by atomic mass is 10.2. The van der Waals surface area contributed by atoms with Gasteiger partial charge in [-0.1, -0.05) is 0 Å². The number of pyridine rings is 1. The number of amides is 1. The largest absolute Gasteiger partial charge is 0.444 e. The van der Waals surface area contributed by atoms with E-state index in [9.17, 15) is 4.79 Å². The molecule has 2 atom stereocenters. The molecule has 1 aromatic rings. The molecule has 6 nitrogen and oxygen atoms in total. The molecule has 3 rings (SSSR count). The van der Waals surface area contributed by atoms with Crippen LogP contribution >= 0.6 is 0 Å². The molecule has 3 heterocycles. The molecule has 0 spiro atoms. The number of piperazine rings is 1. The molecule has 21 heavy (non-hydrogen) atoms. The van der Waals surface area contributed by atoms with Gasteiger partial charge < -0.3 is 20.3 Å². The van der Waals surface area contributed by atoms with Crippen molar-refractivity contribution in [3.05, 3.63) is 18.3 Å². The fourth-order valence-corrected chi connectivity index (χ4v) is 3.06. The lowest BCUT2D eigenvalue weighted by molar-refractivity contribution is 0.0214. The van der Waals surface area contributed by atoms with Crippen LogP contribution in [0.15, 0.2) is 18.3 Å². The predicted molar refractivity (Wildman–Crippen MR) is 81.1 cm³/mol. The van der Waals surface area contributed by atoms with E-state index in [0.717, 1.165) is 18.8 Å². The van der Waals surface area contributed by atoms with E-state index < -0.39 is 5.60 Å². The lowest BCUT2D eigenvalue weighted by Gasteiger charge is -2.35. The van der Waals surface area contributed by atoms with Gasteiger partial charge in [0.05, 0.1) is 24.0 Å². The zero-order chi connectivity index (χ0) is 15.2. The van der Waals surface area contributed by atoms with Crippen molar-refractivity contribution in [2.45, 2.75) is 44.9 Å². The minimum Gasteiger partial charge on any atom is -0.444 e. The molecule has 0 aromatic carbocycles. The summed E-state index contributed by atoms with van der Waals surface area (Å²) in [7, 11) is 0. The number of nitrogens with zero attached hydrogens (tertiary/aromatic N) is 3. The first-order valence-corrected chi connectivity index (χ1v) is 7.31. The second-order valence-electron chi connectivity index (χ2n) is 6.78. The van der Waals surface area contributed by atoms with Gasteiger partial charge in [-0.15, -0.1) is 0 Å². The number of likely N-dealkylation sites (tertiary alicyclic amines) is 1. The Morgan fingerprint density at radius 3 is 2.62 bits per heavy atom. The van der Waals surface area contributed by atoms with Crippen molar-refractivity contribution >= 4 is 17.6 Å². The van der Waals surface area contributed by atoms with Gasteiger partial charge in [-0.25, -0.2) is 9.78 Å². The highest BCUT2D eigenvalue weighted by molar-refractivity contribution is 5.70. The highest BCUT2D eigenvalue weighted by atomic mass is 16.6. The van der Waals surface area contributed by atoms with E-state index in [1.165, 1.54) is 0 Å². The Kier molecular flexibility index (Phi) is 3.19. The van der Waals surface area contributed by atoms with Crippen LogP contribution in [0.25, 0.3) is 0 Å². The van der Waals surface area contributed by atoms with E-state index in [0.29, 0.717) is 18.3 Å². The summed E-state index contributed by atoms with van der Waals surface area (Å²) in [5.41, 5.74) is 5.89. The Balaban J connectivity index is 1.66. The third-order valence-corrected chi connectivity index (χ3v) is 3.93. The highest BCUT2D eigenvalue weighted by Gasteiger charge is 2.46. The molecule has 6 heteroatoms. The van der Waals surface area contributed by atoms with Crippen LogP contribution in [-0.4, -0.2) is 46.8 Å². The number of fused-ring (bicyclic) bond motifs is 2. The van der Waals surface area contributed by atoms with E-state index in [1.54, 1.807) is 6.20 Å². The normalized spacial score (nSPS) is 24.5. The zero-order valence-electron chi connectivity index (χ0n) is 12.7. The van der Waals surface area contributed by atoms with Gasteiger partial charge in [0.25, 0.3) is 0 Å². The lowest BCUT2D eigenvalue weighted by Crippen LogP contribution is -2.50. The van der Waals surface area contributed by atoms with Crippen LogP contribution < -0.4 is 10.6 Å². The molecule has 2 aliphatic heterocycles. The number of nitrogen functional groups attached to an aromatic ring is 1. The quantitative estimate of drug-likeness (QED) is 0.854. The number of hydrogen-bond acceptors (Lipinski definition) is 5. The predicted octanol–water partition coefficient (Wildman–Crippen LogP) is 1.86. The standard InChI is InChI=1S/C15H22N4O2/c1-15(2,3)21-14(20)19-9-11-6-12(19)8-18(11)13-5-4-10(16)7-17-13/h4-5,7,11-12H,6,8-9,16H2,1-3H3. The third kappa shape index (κ3) is 2.75. The number of rotatable bonds is 1. The van der Waals surface area contributed by atoms with Crippen molar-refractivity contribution in [1.29, 1.82) is 0 Å². The van der Waals surface area contributed by atoms with Crippen molar-refractivity contribution in [3.63, 3.8) is 0 Å². The monoisotopic (exact) mass is 290 g/mol. The topological polar surface area (TPSA) is 71.7 Å². The molecule has 2 aliphatic rings. The molecule has 2 unspecified atom stereocenters. The summed E-state index contributed by atoms with van der Waals surface area (Å²) in [5.74, 6) is 0.931. The van der Waals surface area contributed by atoms with Crippen molar-refractivity contribution in [1.82, 2.24) is 9.88 Å². The van der Waals surface area contributed by atoms with Crippen molar-refractivity contribution in [3.8, 4) is 0 Å². The number of hydrogen-bond donors (Lipinski definition) is 1. The van der Waals surface area contributed by atoms with Crippen LogP contribution in [0.4, 0.5) is 16.3 Å². The van der Waals surface area contributed by atoms with Crippen LogP contribution in [0.2, 0.25) is 0 Å². The van der Waals surface area contributed by atoms with E-state index in [1.807, 2.05) is 37.8 Å². The van der Waals surface area contributed by atoms with Gasteiger partial charge >= 0.3 is 6.09 Å². The molecule has 0 saturated carbocycles. The maximum atomic E-state index is 12.2. The molecule has 2 saturated heterocycles. The van der Waals surface area contributed by atoms with Crippen LogP contribution in [0.3, 0.4) is 0 Å². The average molecular weight is 290 g/mol. The molecule has 2 fully saturated rings. The smallest absolute Gasteiger partial charge is 0.410 e. The number of ether oxygens (including phenoxy) is 1. The maximum absolute atomic E-state index is 12.2. The number of nitrogens with two attached hydrogens (primary N) is 1. The number of carbonyl (C=O) groups excluding carboxylic acids is 1. The zero-order valence-corrected chi connectivity index (χ0v) is 12.7. The summed E-state index contributed by atoms with van der Waals surface area (Å²) < 4.78 is 5.47. The average Bonchev–Trinajstić information content (AvgIpc) is 2.97. The summed E-state index contributed by atoms with van der Waals surface area (Å²) in [6, 6.07) is 4.33. The van der Waals surface area contributed by atoms with E-state index >= 15 is 0 Å². The minimum absolute atomic E-state index is 0.208. The number of carbonyl (C=O) groups is 1. The van der Waals surface area contributed by atoms with Crippen molar-refractivity contribution in [2.24, 2.45) is 0 Å². The Hall–Kier alpha value is -1.98. The molecule has 0 aliphatic carbocycles. The SMILES string of the molecule is CC(C)(C)OC(=O)N1CC2CC1CN2c1ccc(N)cn1. The number of aromatic nitrogens is 1. The molecule has 1 amide bonds. The fourth-order valence-electron chi connectivity index (χ4n) is 3.06. The molecular weight excluding hydrogens is 268 g/mol. The third-order valence-electron chi connectivity index (χ3n) is 3.93. The van der Waals surface area contributed by atoms with Crippen LogP contribution in [0.1, 0.15) is 27.2 Å². The maximum Gasteiger partial charge on any atom is 0.410 e. The van der Waals surface area contributed by atoms with Gasteiger partial charge in [0, 0.05) is 13.1 Å². The Bertz CT molecular complexity index is 538. The van der Waals surface area contributed by atoms with Crippen molar-refractivity contribution < 1.29 is 9.53 Å². The fraction of sp³-hybridized carbons (Fsp3) is 0.600. The summed E-state index contributed by atoms with van der Waals surface area (Å²) in [6.07, 6.45) is 2.44. The molecule has 1 aromatic heterocycles. The second-order valence-corrected chi connectivity index (χ2v) is 6.78. The van der Waals surface area contributed by atoms with Gasteiger partial charge in [0.1, 0.15) is 11.4 Å². The van der Waals surface area contributed by atoms with Gasteiger partial charge in [0.2, 0.25) is 0 Å². The van der Waals surface area contributed by atoms with Crippen LogP contribution in [0, 0.1) is 0 Å². The molecule has 114 valence electrons.